The number of allylic oxidation sites excluding steroid dienone is 1. The fraction of sp³-hybridized carbons (Fsp3) is 0.350. The summed E-state index contributed by atoms with van der Waals surface area (Å²) in [6, 6.07) is 1.95. The van der Waals surface area contributed by atoms with E-state index in [0.717, 1.165) is 4.90 Å². The Bertz CT molecular complexity index is 1180. The average Bonchev–Trinajstić information content (AvgIpc) is 2.86. The van der Waals surface area contributed by atoms with Gasteiger partial charge in [-0.3, -0.25) is 14.5 Å². The van der Waals surface area contributed by atoms with Crippen LogP contribution < -0.4 is 16.8 Å². The van der Waals surface area contributed by atoms with Crippen LogP contribution in [-0.4, -0.2) is 71.7 Å². The number of carbonyl (C=O) groups excluding carboxylic acids is 2. The maximum absolute atomic E-state index is 12.9. The third kappa shape index (κ3) is 5.35. The Balaban J connectivity index is 1.48. The Hall–Kier alpha value is -3.08. The third-order valence-corrected chi connectivity index (χ3v) is 8.59. The number of anilines is 1. The molecule has 1 fully saturated rings. The number of fused-ring (bicyclic) bond motifs is 1. The number of nitrogens with one attached hydrogen (secondary N) is 1. The number of nitroso groups, excluding NO2 is 1. The molecule has 0 radical (unpaired) electrons. The number of amides is 2. The van der Waals surface area contributed by atoms with Gasteiger partial charge in [-0.25, -0.2) is 14.2 Å². The van der Waals surface area contributed by atoms with E-state index in [4.69, 9.17) is 11.5 Å². The highest BCUT2D eigenvalue weighted by Crippen LogP contribution is 2.44. The SMILES string of the molecule is NCCSN1C=CCC(SC2=C(C(=O)O)N3C(=O)[C@@H](NC(=O)C(N=O)c4cccc(N)n4)[C@@H]3SC2)=N1. The monoisotopic (exact) mass is 550 g/mol. The minimum atomic E-state index is -1.50. The molecule has 0 aromatic carbocycles. The maximum Gasteiger partial charge on any atom is 0.353 e. The van der Waals surface area contributed by atoms with Gasteiger partial charge in [-0.05, 0) is 29.3 Å². The van der Waals surface area contributed by atoms with Crippen molar-refractivity contribution in [3.8, 4) is 0 Å². The highest BCUT2D eigenvalue weighted by molar-refractivity contribution is 8.18. The van der Waals surface area contributed by atoms with Crippen molar-refractivity contribution in [2.75, 3.05) is 23.8 Å². The number of nitrogens with zero attached hydrogens (tertiary/aromatic N) is 5. The number of hydrazone groups is 1. The van der Waals surface area contributed by atoms with Crippen LogP contribution in [0.2, 0.25) is 0 Å². The summed E-state index contributed by atoms with van der Waals surface area (Å²) in [6.45, 7) is 0.494. The normalized spacial score (nSPS) is 21.9. The molecular weight excluding hydrogens is 528 g/mol. The standard InChI is InChI=1S/C20H22N8O5S3/c21-6-8-35-27-7-2-5-13(25-27)36-11-9-34-19-15(18(30)28(19)16(11)20(31)32)24-17(29)14(26-33)10-3-1-4-12(22)23-10/h1-4,7,14-15,19H,5-6,8-9,21H2,(H2,22,23)(H,24,29)(H,31,32)/t14?,15-,19+/m1/s1. The van der Waals surface area contributed by atoms with Crippen molar-refractivity contribution in [1.82, 2.24) is 19.6 Å². The number of carbonyl (C=O) groups is 3. The van der Waals surface area contributed by atoms with Crippen LogP contribution in [0.5, 0.6) is 0 Å². The Kier molecular flexibility index (Phi) is 8.17. The van der Waals surface area contributed by atoms with E-state index in [1.807, 2.05) is 12.3 Å². The first-order valence-corrected chi connectivity index (χ1v) is 13.5. The number of carboxylic acids is 1. The second-order valence-corrected chi connectivity index (χ2v) is 10.9. The molecule has 16 heteroatoms. The van der Waals surface area contributed by atoms with E-state index in [1.165, 1.54) is 53.7 Å². The number of aliphatic carboxylic acids is 1. The summed E-state index contributed by atoms with van der Waals surface area (Å²) in [5.74, 6) is -1.57. The van der Waals surface area contributed by atoms with Gasteiger partial charge >= 0.3 is 5.97 Å². The highest BCUT2D eigenvalue weighted by Gasteiger charge is 2.55. The minimum absolute atomic E-state index is 0.0493. The van der Waals surface area contributed by atoms with E-state index in [9.17, 15) is 24.4 Å². The van der Waals surface area contributed by atoms with E-state index in [2.05, 4.69) is 20.6 Å². The molecular formula is C20H22N8O5S3. The summed E-state index contributed by atoms with van der Waals surface area (Å²) in [5.41, 5.74) is 11.1. The van der Waals surface area contributed by atoms with Crippen LogP contribution in [0.15, 0.2) is 51.4 Å². The first kappa shape index (κ1) is 26.0. The number of hydrogen-bond acceptors (Lipinski definition) is 13. The Morgan fingerprint density at radius 3 is 2.89 bits per heavy atom. The smallest absolute Gasteiger partial charge is 0.353 e. The van der Waals surface area contributed by atoms with Gasteiger partial charge in [0.25, 0.3) is 11.8 Å². The second kappa shape index (κ2) is 11.3. The van der Waals surface area contributed by atoms with E-state index < -0.39 is 35.2 Å². The summed E-state index contributed by atoms with van der Waals surface area (Å²) in [4.78, 5) is 54.7. The number of rotatable bonds is 9. The van der Waals surface area contributed by atoms with Crippen molar-refractivity contribution < 1.29 is 19.5 Å². The van der Waals surface area contributed by atoms with Crippen molar-refractivity contribution in [2.24, 2.45) is 16.0 Å². The molecule has 1 aromatic heterocycles. The van der Waals surface area contributed by atoms with Crippen molar-refractivity contribution in [1.29, 1.82) is 0 Å². The molecule has 6 N–H and O–H groups in total. The van der Waals surface area contributed by atoms with Gasteiger partial charge in [0.05, 0.1) is 5.69 Å². The van der Waals surface area contributed by atoms with Crippen LogP contribution in [0, 0.1) is 4.91 Å². The molecule has 3 aliphatic heterocycles. The van der Waals surface area contributed by atoms with Gasteiger partial charge in [0.15, 0.2) is 0 Å². The number of hydrogen-bond donors (Lipinski definition) is 4. The Morgan fingerprint density at radius 2 is 2.19 bits per heavy atom. The lowest BCUT2D eigenvalue weighted by Gasteiger charge is -2.49. The van der Waals surface area contributed by atoms with Crippen LogP contribution in [0.25, 0.3) is 0 Å². The molecule has 4 heterocycles. The molecule has 36 heavy (non-hydrogen) atoms. The lowest BCUT2D eigenvalue weighted by molar-refractivity contribution is -0.150. The highest BCUT2D eigenvalue weighted by atomic mass is 32.2. The van der Waals surface area contributed by atoms with Gasteiger partial charge in [0.1, 0.15) is 28.0 Å². The third-order valence-electron chi connectivity index (χ3n) is 5.18. The van der Waals surface area contributed by atoms with Gasteiger partial charge in [-0.2, -0.15) is 5.10 Å². The number of pyridine rings is 1. The molecule has 1 saturated heterocycles. The zero-order valence-electron chi connectivity index (χ0n) is 18.6. The molecule has 0 spiro atoms. The van der Waals surface area contributed by atoms with Crippen LogP contribution in [0.4, 0.5) is 5.82 Å². The van der Waals surface area contributed by atoms with Crippen LogP contribution in [-0.2, 0) is 14.4 Å². The van der Waals surface area contributed by atoms with Gasteiger partial charge in [0, 0.05) is 35.6 Å². The van der Waals surface area contributed by atoms with Gasteiger partial charge in [-0.1, -0.05) is 23.9 Å². The van der Waals surface area contributed by atoms with Gasteiger partial charge in [-0.15, -0.1) is 16.7 Å². The van der Waals surface area contributed by atoms with Crippen LogP contribution in [0.3, 0.4) is 0 Å². The van der Waals surface area contributed by atoms with Crippen molar-refractivity contribution in [3.05, 3.63) is 51.7 Å². The number of β-lactam (4-membered cyclic amide) rings is 1. The lowest BCUT2D eigenvalue weighted by Crippen LogP contribution is -2.70. The lowest BCUT2D eigenvalue weighted by atomic mass is 10.0. The van der Waals surface area contributed by atoms with Gasteiger partial charge in [0.2, 0.25) is 6.04 Å². The number of aromatic nitrogens is 1. The fourth-order valence-electron chi connectivity index (χ4n) is 3.61. The summed E-state index contributed by atoms with van der Waals surface area (Å²) < 4.78 is 1.67. The molecule has 0 aliphatic carbocycles. The topological polar surface area (TPSA) is 197 Å². The van der Waals surface area contributed by atoms with Crippen molar-refractivity contribution in [3.63, 3.8) is 0 Å². The zero-order valence-corrected chi connectivity index (χ0v) is 21.1. The Labute approximate surface area is 218 Å². The van der Waals surface area contributed by atoms with Gasteiger partial charge < -0.3 is 21.9 Å². The maximum atomic E-state index is 12.9. The summed E-state index contributed by atoms with van der Waals surface area (Å²) in [5, 5.41) is 19.8. The molecule has 0 saturated carbocycles. The molecule has 4 rings (SSSR count). The van der Waals surface area contributed by atoms with E-state index in [0.29, 0.717) is 34.4 Å². The number of thioether (sulfide) groups is 2. The molecule has 3 aliphatic rings. The number of carboxylic acid groups (broad SMARTS) is 1. The van der Waals surface area contributed by atoms with Crippen molar-refractivity contribution >= 4 is 64.1 Å². The molecule has 2 amide bonds. The largest absolute Gasteiger partial charge is 0.477 e. The average molecular weight is 551 g/mol. The molecule has 0 bridgehead atoms. The molecule has 1 unspecified atom stereocenters. The molecule has 1 aromatic rings. The minimum Gasteiger partial charge on any atom is -0.477 e. The predicted molar refractivity (Wildman–Crippen MR) is 139 cm³/mol. The first-order chi connectivity index (χ1) is 17.3. The molecule has 190 valence electrons. The molecule has 3 atom stereocenters. The quantitative estimate of drug-likeness (QED) is 0.194. The number of nitrogen functional groups attached to an aromatic ring is 1. The van der Waals surface area contributed by atoms with Crippen LogP contribution >= 0.6 is 35.5 Å². The number of nitrogens with two attached hydrogens (primary N) is 2. The Morgan fingerprint density at radius 1 is 1.39 bits per heavy atom. The van der Waals surface area contributed by atoms with Crippen molar-refractivity contribution in [2.45, 2.75) is 23.9 Å². The molecule has 13 nitrogen and oxygen atoms in total. The van der Waals surface area contributed by atoms with E-state index in [-0.39, 0.29) is 17.2 Å². The second-order valence-electron chi connectivity index (χ2n) is 7.58. The first-order valence-electron chi connectivity index (χ1n) is 10.6. The van der Waals surface area contributed by atoms with E-state index >= 15 is 0 Å². The summed E-state index contributed by atoms with van der Waals surface area (Å²) in [6.07, 6.45) is 4.25. The fourth-order valence-corrected chi connectivity index (χ4v) is 6.79. The summed E-state index contributed by atoms with van der Waals surface area (Å²) in [7, 11) is 0. The summed E-state index contributed by atoms with van der Waals surface area (Å²) >= 11 is 3.95. The van der Waals surface area contributed by atoms with E-state index in [1.54, 1.807) is 4.41 Å². The van der Waals surface area contributed by atoms with Crippen LogP contribution in [0.1, 0.15) is 18.2 Å². The zero-order chi connectivity index (χ0) is 25.8. The predicted octanol–water partition coefficient (Wildman–Crippen LogP) is 1.04.